The summed E-state index contributed by atoms with van der Waals surface area (Å²) in [4.78, 5) is 18.4. The summed E-state index contributed by atoms with van der Waals surface area (Å²) in [6.45, 7) is 10.6. The van der Waals surface area contributed by atoms with Gasteiger partial charge < -0.3 is 20.0 Å². The Morgan fingerprint density at radius 3 is 2.67 bits per heavy atom. The number of allylic oxidation sites excluding steroid dienone is 2. The molecule has 1 aromatic carbocycles. The topological polar surface area (TPSA) is 80.2 Å². The molecular weight excluding hydrogens is 536 g/mol. The fourth-order valence-corrected chi connectivity index (χ4v) is 10.1. The Bertz CT molecular complexity index is 1210. The van der Waals surface area contributed by atoms with Crippen LogP contribution in [-0.2, 0) is 19.8 Å². The van der Waals surface area contributed by atoms with Gasteiger partial charge in [0.25, 0.3) is 5.91 Å². The first-order valence-corrected chi connectivity index (χ1v) is 17.2. The van der Waals surface area contributed by atoms with Gasteiger partial charge in [0.05, 0.1) is 17.9 Å². The predicted octanol–water partition coefficient (Wildman–Crippen LogP) is 6.96. The molecule has 0 bridgehead atoms. The predicted molar refractivity (Wildman–Crippen MR) is 171 cm³/mol. The fraction of sp³-hybridized carbons (Fsp3) is 0.730. The molecule has 1 aliphatic heterocycles. The van der Waals surface area contributed by atoms with E-state index in [0.29, 0.717) is 24.3 Å². The average Bonchev–Trinajstić information content (AvgIpc) is 3.31. The molecule has 4 fully saturated rings. The monoisotopic (exact) mass is 590 g/mol. The van der Waals surface area contributed by atoms with Gasteiger partial charge in [0.15, 0.2) is 6.61 Å². The van der Waals surface area contributed by atoms with Gasteiger partial charge in [-0.05, 0) is 117 Å². The molecule has 0 radical (unpaired) electrons. The van der Waals surface area contributed by atoms with Crippen LogP contribution in [0.2, 0.25) is 0 Å². The standard InChI is InChI=1S/C37H54N2O4/c1-25(2)32-23-37(19-21-42-32,26-8-6-5-7-9-26)18-20-38-34(41)24-43-39-28-14-16-35(3)27(22-28)10-11-29-30-12-13-33(40)36(30,4)17-15-31(29)35/h5-9,22,25,29-33,40H,10-21,23-24H2,1-4H3,(H,38,41)/t29-,30+,31-,32-,33-,35+,36+,37+/m0/s1. The Morgan fingerprint density at radius 2 is 1.88 bits per heavy atom. The zero-order valence-electron chi connectivity index (χ0n) is 26.9. The van der Waals surface area contributed by atoms with Gasteiger partial charge in [-0.1, -0.05) is 68.8 Å². The zero-order valence-corrected chi connectivity index (χ0v) is 26.9. The van der Waals surface area contributed by atoms with E-state index in [2.05, 4.69) is 74.6 Å². The van der Waals surface area contributed by atoms with E-state index in [-0.39, 0.29) is 41.0 Å². The number of nitrogens with one attached hydrogen (secondary N) is 1. The SMILES string of the molecule is CC(C)[C@@H]1C[C@](CCNC(=O)CON=C2C=C3CC[C@H]4[C@H]5CC[C@H](O)[C@]5(C)CC[C@@H]4[C@]3(C)CC2)(c2ccccc2)CCO1. The number of ether oxygens (including phenoxy) is 1. The van der Waals surface area contributed by atoms with Gasteiger partial charge in [0.2, 0.25) is 0 Å². The molecule has 0 unspecified atom stereocenters. The van der Waals surface area contributed by atoms with Crippen molar-refractivity contribution in [1.82, 2.24) is 5.32 Å². The smallest absolute Gasteiger partial charge is 0.260 e. The van der Waals surface area contributed by atoms with Crippen LogP contribution in [0.1, 0.15) is 104 Å². The Hall–Kier alpha value is -2.18. The molecular formula is C37H54N2O4. The van der Waals surface area contributed by atoms with Crippen LogP contribution < -0.4 is 5.32 Å². The van der Waals surface area contributed by atoms with E-state index in [1.807, 2.05) is 0 Å². The number of fused-ring (bicyclic) bond motifs is 5. The van der Waals surface area contributed by atoms with Crippen molar-refractivity contribution in [2.45, 2.75) is 116 Å². The minimum Gasteiger partial charge on any atom is -0.393 e. The summed E-state index contributed by atoms with van der Waals surface area (Å²) in [6, 6.07) is 10.7. The highest BCUT2D eigenvalue weighted by molar-refractivity contribution is 5.96. The summed E-state index contributed by atoms with van der Waals surface area (Å²) in [5, 5.41) is 18.3. The molecule has 6 nitrogen and oxygen atoms in total. The van der Waals surface area contributed by atoms with E-state index < -0.39 is 0 Å². The number of aliphatic hydroxyl groups excluding tert-OH is 1. The van der Waals surface area contributed by atoms with Gasteiger partial charge in [-0.2, -0.15) is 0 Å². The van der Waals surface area contributed by atoms with Gasteiger partial charge in [-0.15, -0.1) is 0 Å². The average molecular weight is 591 g/mol. The van der Waals surface area contributed by atoms with Crippen molar-refractivity contribution >= 4 is 11.6 Å². The van der Waals surface area contributed by atoms with E-state index in [1.165, 1.54) is 30.4 Å². The highest BCUT2D eigenvalue weighted by atomic mass is 16.6. The summed E-state index contributed by atoms with van der Waals surface area (Å²) in [5.41, 5.74) is 4.20. The molecule has 1 saturated heterocycles. The van der Waals surface area contributed by atoms with Gasteiger partial charge in [-0.3, -0.25) is 4.79 Å². The van der Waals surface area contributed by atoms with E-state index in [0.717, 1.165) is 69.6 Å². The van der Waals surface area contributed by atoms with Crippen LogP contribution in [-0.4, -0.2) is 48.7 Å². The minimum atomic E-state index is -0.119. The highest BCUT2D eigenvalue weighted by Gasteiger charge is 2.58. The number of amides is 1. The second-order valence-electron chi connectivity index (χ2n) is 15.3. The molecule has 1 aromatic rings. The van der Waals surface area contributed by atoms with Crippen LogP contribution in [0.4, 0.5) is 0 Å². The third-order valence-electron chi connectivity index (χ3n) is 12.9. The molecule has 6 rings (SSSR count). The summed E-state index contributed by atoms with van der Waals surface area (Å²) in [7, 11) is 0. The molecule has 1 amide bonds. The summed E-state index contributed by atoms with van der Waals surface area (Å²) >= 11 is 0. The first-order chi connectivity index (χ1) is 20.6. The Labute approximate surface area is 259 Å². The number of hydrogen-bond acceptors (Lipinski definition) is 5. The molecule has 6 heteroatoms. The van der Waals surface area contributed by atoms with Crippen molar-refractivity contribution < 1.29 is 19.5 Å². The molecule has 0 spiro atoms. The van der Waals surface area contributed by atoms with Crippen molar-refractivity contribution in [1.29, 1.82) is 0 Å². The molecule has 4 aliphatic carbocycles. The number of oxime groups is 1. The van der Waals surface area contributed by atoms with Crippen LogP contribution in [0.3, 0.4) is 0 Å². The number of nitrogens with zero attached hydrogens (tertiary/aromatic N) is 1. The number of carbonyl (C=O) groups is 1. The van der Waals surface area contributed by atoms with E-state index >= 15 is 0 Å². The van der Waals surface area contributed by atoms with Crippen LogP contribution in [0.15, 0.2) is 47.1 Å². The van der Waals surface area contributed by atoms with Crippen molar-refractivity contribution in [2.75, 3.05) is 19.8 Å². The normalized spacial score (nSPS) is 39.9. The van der Waals surface area contributed by atoms with Crippen LogP contribution in [0, 0.1) is 34.5 Å². The second-order valence-corrected chi connectivity index (χ2v) is 15.3. The molecule has 0 aromatic heterocycles. The van der Waals surface area contributed by atoms with Gasteiger partial charge in [0, 0.05) is 18.6 Å². The Morgan fingerprint density at radius 1 is 1.07 bits per heavy atom. The minimum absolute atomic E-state index is 0.0112. The van der Waals surface area contributed by atoms with Gasteiger partial charge >= 0.3 is 0 Å². The van der Waals surface area contributed by atoms with Crippen LogP contribution in [0.25, 0.3) is 0 Å². The summed E-state index contributed by atoms with van der Waals surface area (Å²) < 4.78 is 6.11. The van der Waals surface area contributed by atoms with E-state index in [4.69, 9.17) is 9.57 Å². The second kappa shape index (κ2) is 12.3. The maximum Gasteiger partial charge on any atom is 0.260 e. The lowest BCUT2D eigenvalue weighted by Gasteiger charge is -2.57. The van der Waals surface area contributed by atoms with Crippen molar-refractivity contribution in [3.8, 4) is 0 Å². The maximum absolute atomic E-state index is 12.8. The number of rotatable bonds is 8. The number of benzene rings is 1. The largest absolute Gasteiger partial charge is 0.393 e. The lowest BCUT2D eigenvalue weighted by molar-refractivity contribution is -0.125. The Kier molecular flexibility index (Phi) is 8.83. The van der Waals surface area contributed by atoms with Crippen molar-refractivity contribution in [3.05, 3.63) is 47.5 Å². The lowest BCUT2D eigenvalue weighted by Crippen LogP contribution is -2.51. The first-order valence-electron chi connectivity index (χ1n) is 17.2. The number of carbonyl (C=O) groups excluding carboxylic acids is 1. The number of hydrogen-bond donors (Lipinski definition) is 2. The zero-order chi connectivity index (χ0) is 30.2. The maximum atomic E-state index is 12.8. The highest BCUT2D eigenvalue weighted by Crippen LogP contribution is 2.65. The third-order valence-corrected chi connectivity index (χ3v) is 12.9. The first kappa shape index (κ1) is 30.8. The summed E-state index contributed by atoms with van der Waals surface area (Å²) in [5.74, 6) is 2.46. The molecule has 236 valence electrons. The lowest BCUT2D eigenvalue weighted by atomic mass is 9.47. The molecule has 1 heterocycles. The van der Waals surface area contributed by atoms with Crippen molar-refractivity contribution in [3.63, 3.8) is 0 Å². The van der Waals surface area contributed by atoms with Crippen LogP contribution >= 0.6 is 0 Å². The molecule has 5 aliphatic rings. The molecule has 43 heavy (non-hydrogen) atoms. The van der Waals surface area contributed by atoms with Crippen LogP contribution in [0.5, 0.6) is 0 Å². The number of aliphatic hydroxyl groups is 1. The van der Waals surface area contributed by atoms with E-state index in [9.17, 15) is 9.90 Å². The Balaban J connectivity index is 1.02. The summed E-state index contributed by atoms with van der Waals surface area (Å²) in [6.07, 6.45) is 14.1. The quantitative estimate of drug-likeness (QED) is 0.321. The molecule has 2 N–H and O–H groups in total. The van der Waals surface area contributed by atoms with Gasteiger partial charge in [0.1, 0.15) is 0 Å². The van der Waals surface area contributed by atoms with Crippen molar-refractivity contribution in [2.24, 2.45) is 39.7 Å². The molecule has 8 atom stereocenters. The third kappa shape index (κ3) is 5.83. The fourth-order valence-electron chi connectivity index (χ4n) is 10.1. The van der Waals surface area contributed by atoms with E-state index in [1.54, 1.807) is 0 Å². The van der Waals surface area contributed by atoms with Gasteiger partial charge in [-0.25, -0.2) is 0 Å². The molecule has 3 saturated carbocycles.